The van der Waals surface area contributed by atoms with Gasteiger partial charge in [-0.05, 0) is 43.7 Å². The Morgan fingerprint density at radius 3 is 2.92 bits per heavy atom. The van der Waals surface area contributed by atoms with E-state index in [-0.39, 0.29) is 11.9 Å². The standard InChI is InChI=1S/C19H23N5O/c20-19-22-15-7-3-2-6-14(15)17(23-19)18(25)21-10-12-24-11-9-13-5-1-4-8-16(13)24/h1,4-5,8H,2-3,6-7,9-12H2,(H,21,25)(H2,20,22,23). The average Bonchev–Trinajstić information content (AvgIpc) is 3.04. The first kappa shape index (κ1) is 15.9. The van der Waals surface area contributed by atoms with E-state index in [1.54, 1.807) is 0 Å². The molecule has 0 atom stereocenters. The number of nitrogens with zero attached hydrogens (tertiary/aromatic N) is 3. The van der Waals surface area contributed by atoms with Gasteiger partial charge in [0.05, 0.1) is 0 Å². The summed E-state index contributed by atoms with van der Waals surface area (Å²) < 4.78 is 0. The van der Waals surface area contributed by atoms with Crippen LogP contribution in [0.4, 0.5) is 11.6 Å². The van der Waals surface area contributed by atoms with E-state index in [0.29, 0.717) is 12.2 Å². The Morgan fingerprint density at radius 2 is 2.00 bits per heavy atom. The lowest BCUT2D eigenvalue weighted by molar-refractivity contribution is 0.0948. The van der Waals surface area contributed by atoms with Gasteiger partial charge in [-0.2, -0.15) is 0 Å². The molecule has 4 rings (SSSR count). The van der Waals surface area contributed by atoms with Crippen molar-refractivity contribution in [2.45, 2.75) is 32.1 Å². The van der Waals surface area contributed by atoms with Crippen LogP contribution in [0, 0.1) is 0 Å². The third-order valence-electron chi connectivity index (χ3n) is 5.07. The summed E-state index contributed by atoms with van der Waals surface area (Å²) >= 11 is 0. The molecular weight excluding hydrogens is 314 g/mol. The summed E-state index contributed by atoms with van der Waals surface area (Å²) in [5, 5.41) is 3.01. The summed E-state index contributed by atoms with van der Waals surface area (Å²) in [6.07, 6.45) is 4.98. The molecule has 0 saturated heterocycles. The lowest BCUT2D eigenvalue weighted by Gasteiger charge is -2.20. The van der Waals surface area contributed by atoms with Gasteiger partial charge in [-0.1, -0.05) is 18.2 Å². The molecule has 1 aromatic carbocycles. The van der Waals surface area contributed by atoms with Crippen molar-refractivity contribution in [3.05, 3.63) is 46.8 Å². The van der Waals surface area contributed by atoms with Gasteiger partial charge in [0.15, 0.2) is 0 Å². The van der Waals surface area contributed by atoms with Gasteiger partial charge >= 0.3 is 0 Å². The van der Waals surface area contributed by atoms with Crippen LogP contribution >= 0.6 is 0 Å². The SMILES string of the molecule is Nc1nc2c(c(C(=O)NCCN3CCc4ccccc43)n1)CCCC2. The summed E-state index contributed by atoms with van der Waals surface area (Å²) in [6.45, 7) is 2.39. The normalized spacial score (nSPS) is 15.6. The van der Waals surface area contributed by atoms with Crippen molar-refractivity contribution in [3.8, 4) is 0 Å². The number of rotatable bonds is 4. The number of carbonyl (C=O) groups excluding carboxylic acids is 1. The van der Waals surface area contributed by atoms with Gasteiger partial charge in [0.25, 0.3) is 5.91 Å². The van der Waals surface area contributed by atoms with E-state index >= 15 is 0 Å². The zero-order valence-corrected chi connectivity index (χ0v) is 14.3. The van der Waals surface area contributed by atoms with Crippen LogP contribution < -0.4 is 16.0 Å². The maximum Gasteiger partial charge on any atom is 0.270 e. The van der Waals surface area contributed by atoms with Crippen LogP contribution in [-0.4, -0.2) is 35.5 Å². The van der Waals surface area contributed by atoms with Crippen molar-refractivity contribution in [2.75, 3.05) is 30.3 Å². The Morgan fingerprint density at radius 1 is 1.16 bits per heavy atom. The van der Waals surface area contributed by atoms with Gasteiger partial charge in [-0.25, -0.2) is 9.97 Å². The van der Waals surface area contributed by atoms with Crippen LogP contribution in [0.25, 0.3) is 0 Å². The third-order valence-corrected chi connectivity index (χ3v) is 5.07. The second-order valence-electron chi connectivity index (χ2n) is 6.68. The Hall–Kier alpha value is -2.63. The molecule has 0 spiro atoms. The summed E-state index contributed by atoms with van der Waals surface area (Å²) in [5.74, 6) is 0.0546. The van der Waals surface area contributed by atoms with E-state index in [1.807, 2.05) is 0 Å². The van der Waals surface area contributed by atoms with E-state index < -0.39 is 0 Å². The summed E-state index contributed by atoms with van der Waals surface area (Å²) in [4.78, 5) is 23.4. The van der Waals surface area contributed by atoms with Crippen LogP contribution in [0.1, 0.15) is 40.2 Å². The fraction of sp³-hybridized carbons (Fsp3) is 0.421. The number of amides is 1. The zero-order chi connectivity index (χ0) is 17.2. The topological polar surface area (TPSA) is 84.1 Å². The molecule has 3 N–H and O–H groups in total. The number of benzene rings is 1. The molecular formula is C19H23N5O. The van der Waals surface area contributed by atoms with Gasteiger partial charge in [-0.3, -0.25) is 4.79 Å². The minimum atomic E-state index is -0.139. The van der Waals surface area contributed by atoms with E-state index in [4.69, 9.17) is 5.73 Å². The molecule has 1 aliphatic heterocycles. The number of para-hydroxylation sites is 1. The lowest BCUT2D eigenvalue weighted by Crippen LogP contribution is -2.35. The Balaban J connectivity index is 1.41. The van der Waals surface area contributed by atoms with Crippen LogP contribution in [0.2, 0.25) is 0 Å². The Bertz CT molecular complexity index is 804. The second kappa shape index (κ2) is 6.70. The molecule has 0 unspecified atom stereocenters. The van der Waals surface area contributed by atoms with Gasteiger partial charge in [0.2, 0.25) is 5.95 Å². The number of aryl methyl sites for hydroxylation is 1. The molecule has 0 bridgehead atoms. The van der Waals surface area contributed by atoms with Gasteiger partial charge in [0, 0.05) is 36.6 Å². The van der Waals surface area contributed by atoms with Crippen LogP contribution in [0.15, 0.2) is 24.3 Å². The number of carbonyl (C=O) groups is 1. The molecule has 0 radical (unpaired) electrons. The number of aromatic nitrogens is 2. The van der Waals surface area contributed by atoms with Crippen LogP contribution in [0.5, 0.6) is 0 Å². The highest BCUT2D eigenvalue weighted by molar-refractivity contribution is 5.94. The monoisotopic (exact) mass is 337 g/mol. The first-order valence-electron chi connectivity index (χ1n) is 8.98. The van der Waals surface area contributed by atoms with E-state index in [0.717, 1.165) is 56.5 Å². The molecule has 25 heavy (non-hydrogen) atoms. The van der Waals surface area contributed by atoms with Crippen molar-refractivity contribution < 1.29 is 4.79 Å². The number of anilines is 2. The minimum Gasteiger partial charge on any atom is -0.369 e. The molecule has 2 aromatic rings. The number of nitrogens with two attached hydrogens (primary N) is 1. The summed E-state index contributed by atoms with van der Waals surface area (Å²) in [5.41, 5.74) is 10.8. The highest BCUT2D eigenvalue weighted by Crippen LogP contribution is 2.27. The smallest absolute Gasteiger partial charge is 0.270 e. The van der Waals surface area contributed by atoms with E-state index in [1.165, 1.54) is 11.3 Å². The first-order chi connectivity index (χ1) is 12.2. The maximum absolute atomic E-state index is 12.6. The number of nitrogen functional groups attached to an aromatic ring is 1. The van der Waals surface area contributed by atoms with Crippen molar-refractivity contribution in [1.29, 1.82) is 0 Å². The van der Waals surface area contributed by atoms with Crippen molar-refractivity contribution >= 4 is 17.5 Å². The molecule has 0 saturated carbocycles. The molecule has 6 heteroatoms. The fourth-order valence-corrected chi connectivity index (χ4v) is 3.83. The lowest BCUT2D eigenvalue weighted by atomic mass is 9.94. The third kappa shape index (κ3) is 3.16. The van der Waals surface area contributed by atoms with Gasteiger partial charge < -0.3 is 16.0 Å². The van der Waals surface area contributed by atoms with Gasteiger partial charge in [0.1, 0.15) is 5.69 Å². The van der Waals surface area contributed by atoms with Crippen molar-refractivity contribution in [2.24, 2.45) is 0 Å². The molecule has 2 heterocycles. The zero-order valence-electron chi connectivity index (χ0n) is 14.3. The molecule has 1 aromatic heterocycles. The van der Waals surface area contributed by atoms with Gasteiger partial charge in [-0.15, -0.1) is 0 Å². The first-order valence-corrected chi connectivity index (χ1v) is 8.98. The maximum atomic E-state index is 12.6. The largest absolute Gasteiger partial charge is 0.369 e. The molecule has 6 nitrogen and oxygen atoms in total. The number of hydrogen-bond acceptors (Lipinski definition) is 5. The van der Waals surface area contributed by atoms with Crippen LogP contribution in [0.3, 0.4) is 0 Å². The van der Waals surface area contributed by atoms with Crippen molar-refractivity contribution in [3.63, 3.8) is 0 Å². The van der Waals surface area contributed by atoms with Crippen LogP contribution in [-0.2, 0) is 19.3 Å². The number of nitrogens with one attached hydrogen (secondary N) is 1. The molecule has 130 valence electrons. The molecule has 0 fully saturated rings. The predicted octanol–water partition coefficient (Wildman–Crippen LogP) is 1.73. The quantitative estimate of drug-likeness (QED) is 0.888. The Labute approximate surface area is 147 Å². The number of hydrogen-bond donors (Lipinski definition) is 2. The molecule has 2 aliphatic rings. The second-order valence-corrected chi connectivity index (χ2v) is 6.68. The molecule has 1 amide bonds. The Kier molecular flexibility index (Phi) is 4.26. The van der Waals surface area contributed by atoms with E-state index in [2.05, 4.69) is 44.5 Å². The molecule has 1 aliphatic carbocycles. The van der Waals surface area contributed by atoms with E-state index in [9.17, 15) is 4.79 Å². The van der Waals surface area contributed by atoms with Crippen molar-refractivity contribution in [1.82, 2.24) is 15.3 Å². The number of fused-ring (bicyclic) bond motifs is 2. The minimum absolute atomic E-state index is 0.139. The fourth-order valence-electron chi connectivity index (χ4n) is 3.83. The predicted molar refractivity (Wildman–Crippen MR) is 97.8 cm³/mol. The average molecular weight is 337 g/mol. The summed E-state index contributed by atoms with van der Waals surface area (Å²) in [7, 11) is 0. The highest BCUT2D eigenvalue weighted by Gasteiger charge is 2.22. The highest BCUT2D eigenvalue weighted by atomic mass is 16.1. The summed E-state index contributed by atoms with van der Waals surface area (Å²) in [6, 6.07) is 8.45.